The van der Waals surface area contributed by atoms with Gasteiger partial charge >= 0.3 is 0 Å². The van der Waals surface area contributed by atoms with Gasteiger partial charge in [0.1, 0.15) is 22.2 Å². The predicted octanol–water partition coefficient (Wildman–Crippen LogP) is 5.05. The van der Waals surface area contributed by atoms with E-state index in [2.05, 4.69) is 9.97 Å². The number of nitrogens with one attached hydrogen (secondary N) is 1. The highest BCUT2D eigenvalue weighted by Crippen LogP contribution is 2.27. The van der Waals surface area contributed by atoms with Crippen LogP contribution in [0.3, 0.4) is 0 Å². The van der Waals surface area contributed by atoms with Crippen molar-refractivity contribution in [2.75, 3.05) is 14.2 Å². The minimum Gasteiger partial charge on any atom is -0.495 e. The number of nitrogens with zero attached hydrogens (tertiary/aromatic N) is 1. The maximum Gasteiger partial charge on any atom is 0.248 e. The first kappa shape index (κ1) is 19.7. The second-order valence-corrected chi connectivity index (χ2v) is 6.71. The molecule has 0 saturated carbocycles. The maximum atomic E-state index is 11.3. The smallest absolute Gasteiger partial charge is 0.248 e. The van der Waals surface area contributed by atoms with Gasteiger partial charge in [-0.1, -0.05) is 35.9 Å². The fourth-order valence-corrected chi connectivity index (χ4v) is 3.36. The third-order valence-electron chi connectivity index (χ3n) is 4.46. The first-order valence-corrected chi connectivity index (χ1v) is 9.09. The summed E-state index contributed by atoms with van der Waals surface area (Å²) < 4.78 is 10.4. The van der Waals surface area contributed by atoms with Gasteiger partial charge in [-0.25, -0.2) is 4.98 Å². The van der Waals surface area contributed by atoms with E-state index in [-0.39, 0.29) is 5.56 Å². The zero-order valence-electron chi connectivity index (χ0n) is 16.2. The normalized spacial score (nSPS) is 10.5. The summed E-state index contributed by atoms with van der Waals surface area (Å²) in [6.07, 6.45) is 0. The van der Waals surface area contributed by atoms with Crippen molar-refractivity contribution in [3.8, 4) is 11.5 Å². The van der Waals surface area contributed by atoms with Gasteiger partial charge in [0, 0.05) is 16.8 Å². The van der Waals surface area contributed by atoms with Crippen molar-refractivity contribution in [1.82, 2.24) is 9.97 Å². The van der Waals surface area contributed by atoms with E-state index in [1.54, 1.807) is 20.3 Å². The van der Waals surface area contributed by atoms with Crippen molar-refractivity contribution >= 4 is 33.4 Å². The zero-order chi connectivity index (χ0) is 20.3. The molecule has 0 radical (unpaired) electrons. The molecule has 0 fully saturated rings. The lowest BCUT2D eigenvalue weighted by atomic mass is 10.1. The lowest BCUT2D eigenvalue weighted by Crippen LogP contribution is -2.05. The van der Waals surface area contributed by atoms with Crippen molar-refractivity contribution < 1.29 is 9.47 Å². The molecule has 6 heteroatoms. The van der Waals surface area contributed by atoms with E-state index in [1.165, 1.54) is 0 Å². The molecule has 0 aliphatic rings. The number of aromatic nitrogens is 2. The minimum absolute atomic E-state index is 0.0977. The second-order valence-electron chi connectivity index (χ2n) is 6.32. The van der Waals surface area contributed by atoms with Crippen LogP contribution in [0, 0.1) is 13.8 Å². The first-order chi connectivity index (χ1) is 13.4. The van der Waals surface area contributed by atoms with Crippen LogP contribution in [-0.4, -0.2) is 24.2 Å². The van der Waals surface area contributed by atoms with Gasteiger partial charge in [-0.15, -0.1) is 0 Å². The molecule has 0 aliphatic carbocycles. The van der Waals surface area contributed by atoms with Crippen LogP contribution >= 0.6 is 11.6 Å². The molecule has 2 heterocycles. The molecule has 0 spiro atoms. The number of benzene rings is 2. The second kappa shape index (κ2) is 8.31. The number of fused-ring (bicyclic) bond motifs is 2. The molecule has 2 aromatic heterocycles. The molecule has 0 saturated heterocycles. The van der Waals surface area contributed by atoms with Gasteiger partial charge in [-0.2, -0.15) is 0 Å². The number of methoxy groups -OCH3 is 2. The summed E-state index contributed by atoms with van der Waals surface area (Å²) in [6.45, 7) is 3.92. The van der Waals surface area contributed by atoms with Gasteiger partial charge in [-0.3, -0.25) is 4.79 Å². The Balaban J connectivity index is 0.000000161. The first-order valence-electron chi connectivity index (χ1n) is 8.71. The Morgan fingerprint density at radius 2 is 1.50 bits per heavy atom. The van der Waals surface area contributed by atoms with Gasteiger partial charge in [0.25, 0.3) is 0 Å². The number of aryl methyl sites for hydroxylation is 2. The van der Waals surface area contributed by atoms with Gasteiger partial charge in [0.15, 0.2) is 0 Å². The number of pyridine rings is 2. The van der Waals surface area contributed by atoms with E-state index >= 15 is 0 Å². The van der Waals surface area contributed by atoms with Crippen LogP contribution in [-0.2, 0) is 0 Å². The molecule has 5 nitrogen and oxygen atoms in total. The number of rotatable bonds is 2. The van der Waals surface area contributed by atoms with Gasteiger partial charge in [0.05, 0.1) is 19.7 Å². The molecule has 1 N–H and O–H groups in total. The SMILES string of the molecule is COc1cccc2c(C)cc(=O)[nH]c12.COc1cccc2c(C)cc(Cl)nc12. The Morgan fingerprint density at radius 1 is 0.893 bits per heavy atom. The molecule has 4 rings (SSSR count). The molecular formula is C22H21ClN2O3. The summed E-state index contributed by atoms with van der Waals surface area (Å²) in [5.41, 5.74) is 3.56. The lowest BCUT2D eigenvalue weighted by molar-refractivity contribution is 0.418. The molecule has 144 valence electrons. The third-order valence-corrected chi connectivity index (χ3v) is 4.66. The molecule has 0 unspecified atom stereocenters. The highest BCUT2D eigenvalue weighted by Gasteiger charge is 2.06. The van der Waals surface area contributed by atoms with E-state index in [0.29, 0.717) is 10.9 Å². The fourth-order valence-electron chi connectivity index (χ4n) is 3.11. The topological polar surface area (TPSA) is 64.2 Å². The monoisotopic (exact) mass is 396 g/mol. The standard InChI is InChI=1S/C11H10ClNO.C11H11NO2/c1-7-6-10(12)13-11-8(7)4-3-5-9(11)14-2;1-7-6-10(13)12-11-8(7)4-3-5-9(11)14-2/h3-6H,1-2H3;3-6H,1-2H3,(H,12,13). The zero-order valence-corrected chi connectivity index (χ0v) is 16.9. The van der Waals surface area contributed by atoms with E-state index in [9.17, 15) is 4.79 Å². The average Bonchev–Trinajstić information content (AvgIpc) is 2.67. The number of aromatic amines is 1. The summed E-state index contributed by atoms with van der Waals surface area (Å²) in [4.78, 5) is 18.3. The van der Waals surface area contributed by atoms with Crippen molar-refractivity contribution in [3.63, 3.8) is 0 Å². The van der Waals surface area contributed by atoms with Crippen molar-refractivity contribution in [2.24, 2.45) is 0 Å². The quantitative estimate of drug-likeness (QED) is 0.481. The summed E-state index contributed by atoms with van der Waals surface area (Å²) in [6, 6.07) is 15.0. The fraction of sp³-hybridized carbons (Fsp3) is 0.182. The number of hydrogen-bond donors (Lipinski definition) is 1. The molecule has 0 bridgehead atoms. The van der Waals surface area contributed by atoms with Crippen molar-refractivity contribution in [3.05, 3.63) is 75.2 Å². The molecule has 0 aliphatic heterocycles. The molecular weight excluding hydrogens is 376 g/mol. The van der Waals surface area contributed by atoms with Gasteiger partial charge < -0.3 is 14.5 Å². The van der Waals surface area contributed by atoms with Crippen LogP contribution in [0.25, 0.3) is 21.8 Å². The molecule has 2 aromatic carbocycles. The van der Waals surface area contributed by atoms with Gasteiger partial charge in [-0.05, 0) is 43.2 Å². The van der Waals surface area contributed by atoms with E-state index in [1.807, 2.05) is 56.3 Å². The van der Waals surface area contributed by atoms with Gasteiger partial charge in [0.2, 0.25) is 5.56 Å². The Hall–Kier alpha value is -3.05. The average molecular weight is 397 g/mol. The van der Waals surface area contributed by atoms with E-state index < -0.39 is 0 Å². The van der Waals surface area contributed by atoms with E-state index in [4.69, 9.17) is 21.1 Å². The van der Waals surface area contributed by atoms with Crippen LogP contribution in [0.5, 0.6) is 11.5 Å². The summed E-state index contributed by atoms with van der Waals surface area (Å²) in [5, 5.41) is 2.59. The Labute approximate surface area is 167 Å². The third kappa shape index (κ3) is 3.94. The molecule has 0 amide bonds. The number of halogens is 1. The van der Waals surface area contributed by atoms with Crippen LogP contribution in [0.2, 0.25) is 5.15 Å². The summed E-state index contributed by atoms with van der Waals surface area (Å²) in [7, 11) is 3.22. The van der Waals surface area contributed by atoms with Crippen LogP contribution in [0.1, 0.15) is 11.1 Å². The van der Waals surface area contributed by atoms with Crippen molar-refractivity contribution in [2.45, 2.75) is 13.8 Å². The Kier molecular flexibility index (Phi) is 5.85. The highest BCUT2D eigenvalue weighted by atomic mass is 35.5. The summed E-state index contributed by atoms with van der Waals surface area (Å²) >= 11 is 5.89. The Morgan fingerprint density at radius 3 is 2.18 bits per heavy atom. The highest BCUT2D eigenvalue weighted by molar-refractivity contribution is 6.30. The molecule has 28 heavy (non-hydrogen) atoms. The minimum atomic E-state index is -0.0977. The largest absolute Gasteiger partial charge is 0.495 e. The Bertz CT molecular complexity index is 1200. The molecule has 4 aromatic rings. The number of H-pyrrole nitrogens is 1. The van der Waals surface area contributed by atoms with Crippen LogP contribution < -0.4 is 15.0 Å². The number of ether oxygens (including phenoxy) is 2. The maximum absolute atomic E-state index is 11.3. The number of hydrogen-bond acceptors (Lipinski definition) is 4. The molecule has 0 atom stereocenters. The summed E-state index contributed by atoms with van der Waals surface area (Å²) in [5.74, 6) is 1.46. The van der Waals surface area contributed by atoms with E-state index in [0.717, 1.165) is 38.7 Å². The van der Waals surface area contributed by atoms with Crippen molar-refractivity contribution in [1.29, 1.82) is 0 Å². The lowest BCUT2D eigenvalue weighted by Gasteiger charge is -2.06. The number of para-hydroxylation sites is 2. The van der Waals surface area contributed by atoms with Crippen LogP contribution in [0.15, 0.2) is 53.3 Å². The predicted molar refractivity (Wildman–Crippen MR) is 114 cm³/mol. The van der Waals surface area contributed by atoms with Crippen LogP contribution in [0.4, 0.5) is 0 Å².